The average molecular weight is 308 g/mol. The summed E-state index contributed by atoms with van der Waals surface area (Å²) in [6, 6.07) is 15.3. The fraction of sp³-hybridized carbons (Fsp3) is 0.250. The standard InChI is InChI=1S/C16H18ClNOS/c1-20-11-10-18-16(12-2-6-14(17)7-3-12)13-4-8-15(19)9-5-13/h2-9,16,18-19H,10-11H2,1H3. The van der Waals surface area contributed by atoms with E-state index in [9.17, 15) is 5.11 Å². The fourth-order valence-corrected chi connectivity index (χ4v) is 2.50. The number of phenols is 1. The zero-order chi connectivity index (χ0) is 14.4. The molecule has 0 aliphatic rings. The molecule has 0 saturated heterocycles. The van der Waals surface area contributed by atoms with E-state index < -0.39 is 0 Å². The van der Waals surface area contributed by atoms with E-state index >= 15 is 0 Å². The van der Waals surface area contributed by atoms with Crippen LogP contribution in [0.15, 0.2) is 48.5 Å². The summed E-state index contributed by atoms with van der Waals surface area (Å²) in [6.45, 7) is 0.926. The van der Waals surface area contributed by atoms with Crippen molar-refractivity contribution in [3.8, 4) is 5.75 Å². The second-order valence-corrected chi connectivity index (χ2v) is 5.95. The predicted molar refractivity (Wildman–Crippen MR) is 87.8 cm³/mol. The van der Waals surface area contributed by atoms with Crippen LogP contribution in [0.2, 0.25) is 5.02 Å². The lowest BCUT2D eigenvalue weighted by Gasteiger charge is -2.20. The lowest BCUT2D eigenvalue weighted by atomic mass is 9.98. The molecule has 1 atom stereocenters. The number of rotatable bonds is 6. The van der Waals surface area contributed by atoms with Crippen LogP contribution in [0.4, 0.5) is 0 Å². The lowest BCUT2D eigenvalue weighted by Crippen LogP contribution is -2.24. The minimum atomic E-state index is 0.111. The van der Waals surface area contributed by atoms with Crippen molar-refractivity contribution in [3.63, 3.8) is 0 Å². The van der Waals surface area contributed by atoms with Crippen LogP contribution in [0.1, 0.15) is 17.2 Å². The van der Waals surface area contributed by atoms with Crippen molar-refractivity contribution in [2.75, 3.05) is 18.6 Å². The van der Waals surface area contributed by atoms with Gasteiger partial charge in [-0.3, -0.25) is 0 Å². The van der Waals surface area contributed by atoms with Crippen molar-refractivity contribution in [2.45, 2.75) is 6.04 Å². The minimum Gasteiger partial charge on any atom is -0.508 e. The summed E-state index contributed by atoms with van der Waals surface area (Å²) in [7, 11) is 0. The van der Waals surface area contributed by atoms with Gasteiger partial charge in [-0.25, -0.2) is 0 Å². The largest absolute Gasteiger partial charge is 0.508 e. The maximum atomic E-state index is 9.42. The Morgan fingerprint density at radius 3 is 2.15 bits per heavy atom. The molecule has 0 bridgehead atoms. The third kappa shape index (κ3) is 4.17. The number of hydrogen-bond donors (Lipinski definition) is 2. The van der Waals surface area contributed by atoms with Gasteiger partial charge >= 0.3 is 0 Å². The SMILES string of the molecule is CSCCNC(c1ccc(O)cc1)c1ccc(Cl)cc1. The number of phenolic OH excluding ortho intramolecular Hbond substituents is 1. The number of hydrogen-bond acceptors (Lipinski definition) is 3. The molecule has 0 aliphatic heterocycles. The second kappa shape index (κ2) is 7.58. The molecule has 0 aromatic heterocycles. The zero-order valence-electron chi connectivity index (χ0n) is 11.3. The molecule has 2 N–H and O–H groups in total. The van der Waals surface area contributed by atoms with E-state index in [2.05, 4.69) is 11.6 Å². The molecular formula is C16H18ClNOS. The van der Waals surface area contributed by atoms with E-state index in [-0.39, 0.29) is 11.8 Å². The Kier molecular flexibility index (Phi) is 5.77. The quantitative estimate of drug-likeness (QED) is 0.789. The van der Waals surface area contributed by atoms with Gasteiger partial charge < -0.3 is 10.4 Å². The molecular weight excluding hydrogens is 290 g/mol. The van der Waals surface area contributed by atoms with Gasteiger partial charge in [-0.15, -0.1) is 0 Å². The van der Waals surface area contributed by atoms with Crippen LogP contribution in [0.3, 0.4) is 0 Å². The van der Waals surface area contributed by atoms with E-state index in [0.29, 0.717) is 0 Å². The summed E-state index contributed by atoms with van der Waals surface area (Å²) in [5.41, 5.74) is 2.30. The van der Waals surface area contributed by atoms with Crippen LogP contribution in [0, 0.1) is 0 Å². The molecule has 0 spiro atoms. The number of aromatic hydroxyl groups is 1. The molecule has 2 nitrogen and oxygen atoms in total. The third-order valence-corrected chi connectivity index (χ3v) is 3.95. The first-order valence-corrected chi connectivity index (χ1v) is 8.24. The summed E-state index contributed by atoms with van der Waals surface area (Å²) in [4.78, 5) is 0. The maximum Gasteiger partial charge on any atom is 0.115 e. The number of thioether (sulfide) groups is 1. The summed E-state index contributed by atoms with van der Waals surface area (Å²) in [5, 5.41) is 13.7. The predicted octanol–water partition coefficient (Wildman–Crippen LogP) is 4.09. The Hall–Kier alpha value is -1.16. The molecule has 106 valence electrons. The minimum absolute atomic E-state index is 0.111. The molecule has 2 aromatic carbocycles. The Bertz CT molecular complexity index is 482. The normalized spacial score (nSPS) is 12.3. The van der Waals surface area contributed by atoms with Gasteiger partial charge in [0, 0.05) is 17.3 Å². The smallest absolute Gasteiger partial charge is 0.115 e. The van der Waals surface area contributed by atoms with E-state index in [1.165, 1.54) is 5.56 Å². The lowest BCUT2D eigenvalue weighted by molar-refractivity contribution is 0.474. The zero-order valence-corrected chi connectivity index (χ0v) is 12.9. The summed E-state index contributed by atoms with van der Waals surface area (Å²) in [6.07, 6.45) is 2.10. The van der Waals surface area contributed by atoms with Gasteiger partial charge in [0.05, 0.1) is 6.04 Å². The van der Waals surface area contributed by atoms with Gasteiger partial charge in [0.1, 0.15) is 5.75 Å². The molecule has 0 aliphatic carbocycles. The van der Waals surface area contributed by atoms with Crippen LogP contribution < -0.4 is 5.32 Å². The maximum absolute atomic E-state index is 9.42. The molecule has 1 unspecified atom stereocenters. The summed E-state index contributed by atoms with van der Waals surface area (Å²) < 4.78 is 0. The molecule has 0 radical (unpaired) electrons. The number of benzene rings is 2. The molecule has 0 heterocycles. The van der Waals surface area contributed by atoms with E-state index in [4.69, 9.17) is 11.6 Å². The number of nitrogens with one attached hydrogen (secondary N) is 1. The van der Waals surface area contributed by atoms with Gasteiger partial charge in [-0.1, -0.05) is 35.9 Å². The third-order valence-electron chi connectivity index (χ3n) is 3.08. The fourth-order valence-electron chi connectivity index (χ4n) is 2.06. The van der Waals surface area contributed by atoms with E-state index in [1.807, 2.05) is 48.2 Å². The van der Waals surface area contributed by atoms with Crippen molar-refractivity contribution in [3.05, 3.63) is 64.7 Å². The highest BCUT2D eigenvalue weighted by Gasteiger charge is 2.13. The molecule has 0 amide bonds. The Morgan fingerprint density at radius 1 is 1.05 bits per heavy atom. The van der Waals surface area contributed by atoms with Crippen molar-refractivity contribution >= 4 is 23.4 Å². The molecule has 20 heavy (non-hydrogen) atoms. The van der Waals surface area contributed by atoms with Crippen molar-refractivity contribution in [2.24, 2.45) is 0 Å². The van der Waals surface area contributed by atoms with Crippen LogP contribution in [0.25, 0.3) is 0 Å². The molecule has 0 fully saturated rings. The highest BCUT2D eigenvalue weighted by molar-refractivity contribution is 7.98. The first-order valence-electron chi connectivity index (χ1n) is 6.47. The van der Waals surface area contributed by atoms with Gasteiger partial charge in [-0.2, -0.15) is 11.8 Å². The molecule has 2 rings (SSSR count). The summed E-state index contributed by atoms with van der Waals surface area (Å²) in [5.74, 6) is 1.34. The van der Waals surface area contributed by atoms with Gasteiger partial charge in [0.15, 0.2) is 0 Å². The van der Waals surface area contributed by atoms with Crippen molar-refractivity contribution in [1.29, 1.82) is 0 Å². The highest BCUT2D eigenvalue weighted by atomic mass is 35.5. The van der Waals surface area contributed by atoms with E-state index in [1.54, 1.807) is 12.1 Å². The second-order valence-electron chi connectivity index (χ2n) is 4.52. The molecule has 0 saturated carbocycles. The number of halogens is 1. The van der Waals surface area contributed by atoms with Crippen molar-refractivity contribution < 1.29 is 5.11 Å². The first-order chi connectivity index (χ1) is 9.70. The summed E-state index contributed by atoms with van der Waals surface area (Å²) >= 11 is 7.77. The Labute approximate surface area is 129 Å². The topological polar surface area (TPSA) is 32.3 Å². The van der Waals surface area contributed by atoms with Crippen LogP contribution >= 0.6 is 23.4 Å². The first kappa shape index (κ1) is 15.2. The van der Waals surface area contributed by atoms with Gasteiger partial charge in [0.2, 0.25) is 0 Å². The Balaban J connectivity index is 2.23. The van der Waals surface area contributed by atoms with Gasteiger partial charge in [0.25, 0.3) is 0 Å². The Morgan fingerprint density at radius 2 is 1.60 bits per heavy atom. The van der Waals surface area contributed by atoms with Crippen LogP contribution in [0.5, 0.6) is 5.75 Å². The van der Waals surface area contributed by atoms with E-state index in [0.717, 1.165) is 22.9 Å². The van der Waals surface area contributed by atoms with Crippen LogP contribution in [-0.4, -0.2) is 23.7 Å². The van der Waals surface area contributed by atoms with Crippen LogP contribution in [-0.2, 0) is 0 Å². The van der Waals surface area contributed by atoms with Crippen molar-refractivity contribution in [1.82, 2.24) is 5.32 Å². The molecule has 4 heteroatoms. The average Bonchev–Trinajstić information content (AvgIpc) is 2.46. The molecule has 2 aromatic rings. The highest BCUT2D eigenvalue weighted by Crippen LogP contribution is 2.25. The monoisotopic (exact) mass is 307 g/mol. The van der Waals surface area contributed by atoms with Gasteiger partial charge in [-0.05, 0) is 41.6 Å².